The van der Waals surface area contributed by atoms with E-state index in [2.05, 4.69) is 0 Å². The molecule has 202 valence electrons. The Hall–Kier alpha value is -4.20. The SMILES string of the molecule is COC(=O)c1ccc(CCc2cc(OC)c(OC)cc2CCc2ccc(C(=O)OC)c(OC)c2)cc1OC. The lowest BCUT2D eigenvalue weighted by Gasteiger charge is -2.16. The summed E-state index contributed by atoms with van der Waals surface area (Å²) in [7, 11) is 8.99. The summed E-state index contributed by atoms with van der Waals surface area (Å²) in [5.41, 5.74) is 5.07. The van der Waals surface area contributed by atoms with E-state index in [1.165, 1.54) is 28.4 Å². The van der Waals surface area contributed by atoms with E-state index >= 15 is 0 Å². The quantitative estimate of drug-likeness (QED) is 0.312. The van der Waals surface area contributed by atoms with E-state index in [4.69, 9.17) is 28.4 Å². The summed E-state index contributed by atoms with van der Waals surface area (Å²) in [5, 5.41) is 0. The standard InChI is InChI=1S/C30H34O8/c1-33-25-15-19(9-13-23(25)29(31)37-5)7-11-21-17-27(35-3)28(36-4)18-22(21)12-8-20-10-14-24(30(32)38-6)26(16-20)34-2/h9-10,13-18H,7-8,11-12H2,1-6H3. The Morgan fingerprint density at radius 1 is 0.500 bits per heavy atom. The van der Waals surface area contributed by atoms with E-state index in [1.807, 2.05) is 36.4 Å². The molecule has 0 spiro atoms. The van der Waals surface area contributed by atoms with Crippen LogP contribution in [0, 0.1) is 0 Å². The lowest BCUT2D eigenvalue weighted by molar-refractivity contribution is 0.0588. The molecule has 0 aliphatic rings. The molecule has 0 unspecified atom stereocenters. The molecule has 0 fully saturated rings. The zero-order valence-electron chi connectivity index (χ0n) is 22.7. The molecule has 0 bridgehead atoms. The molecule has 0 aliphatic carbocycles. The fourth-order valence-electron chi connectivity index (χ4n) is 4.33. The summed E-state index contributed by atoms with van der Waals surface area (Å²) < 4.78 is 31.6. The van der Waals surface area contributed by atoms with E-state index in [0.29, 0.717) is 34.1 Å². The Kier molecular flexibility index (Phi) is 9.99. The first-order valence-electron chi connectivity index (χ1n) is 12.1. The van der Waals surface area contributed by atoms with Crippen molar-refractivity contribution in [2.75, 3.05) is 42.7 Å². The summed E-state index contributed by atoms with van der Waals surface area (Å²) in [6.45, 7) is 0. The molecule has 0 heterocycles. The van der Waals surface area contributed by atoms with Crippen LogP contribution in [0.4, 0.5) is 0 Å². The molecule has 3 aromatic rings. The van der Waals surface area contributed by atoms with E-state index in [1.54, 1.807) is 26.4 Å². The second-order valence-corrected chi connectivity index (χ2v) is 8.53. The summed E-state index contributed by atoms with van der Waals surface area (Å²) in [6, 6.07) is 15.0. The number of rotatable bonds is 12. The van der Waals surface area contributed by atoms with E-state index in [9.17, 15) is 9.59 Å². The van der Waals surface area contributed by atoms with E-state index in [-0.39, 0.29) is 0 Å². The van der Waals surface area contributed by atoms with Crippen LogP contribution in [-0.2, 0) is 35.2 Å². The topological polar surface area (TPSA) is 89.5 Å². The Morgan fingerprint density at radius 3 is 1.18 bits per heavy atom. The van der Waals surface area contributed by atoms with Gasteiger partial charge in [-0.1, -0.05) is 12.1 Å². The second-order valence-electron chi connectivity index (χ2n) is 8.53. The average Bonchev–Trinajstić information content (AvgIpc) is 2.97. The van der Waals surface area contributed by atoms with Crippen LogP contribution in [0.25, 0.3) is 0 Å². The van der Waals surface area contributed by atoms with Crippen molar-refractivity contribution in [3.05, 3.63) is 81.9 Å². The second kappa shape index (κ2) is 13.4. The van der Waals surface area contributed by atoms with E-state index in [0.717, 1.165) is 47.9 Å². The lowest BCUT2D eigenvalue weighted by atomic mass is 9.94. The number of ether oxygens (including phenoxy) is 6. The summed E-state index contributed by atoms with van der Waals surface area (Å²) in [4.78, 5) is 24.0. The van der Waals surface area contributed by atoms with Gasteiger partial charge in [-0.15, -0.1) is 0 Å². The zero-order valence-corrected chi connectivity index (χ0v) is 22.7. The summed E-state index contributed by atoms with van der Waals surface area (Å²) in [6.07, 6.45) is 2.92. The number of hydrogen-bond donors (Lipinski definition) is 0. The zero-order chi connectivity index (χ0) is 27.7. The fourth-order valence-corrected chi connectivity index (χ4v) is 4.33. The minimum atomic E-state index is -0.438. The third-order valence-electron chi connectivity index (χ3n) is 6.41. The number of methoxy groups -OCH3 is 6. The predicted molar refractivity (Wildman–Crippen MR) is 143 cm³/mol. The van der Waals surface area contributed by atoms with Gasteiger partial charge < -0.3 is 28.4 Å². The number of carbonyl (C=O) groups excluding carboxylic acids is 2. The Morgan fingerprint density at radius 2 is 0.868 bits per heavy atom. The number of esters is 2. The summed E-state index contributed by atoms with van der Waals surface area (Å²) >= 11 is 0. The normalized spacial score (nSPS) is 10.5. The molecule has 0 atom stereocenters. The van der Waals surface area contributed by atoms with Gasteiger partial charge in [0.2, 0.25) is 0 Å². The first-order valence-corrected chi connectivity index (χ1v) is 12.1. The van der Waals surface area contributed by atoms with Crippen LogP contribution >= 0.6 is 0 Å². The molecule has 0 aliphatic heterocycles. The van der Waals surface area contributed by atoms with Crippen LogP contribution in [0.3, 0.4) is 0 Å². The molecule has 0 aromatic heterocycles. The van der Waals surface area contributed by atoms with Crippen molar-refractivity contribution in [2.24, 2.45) is 0 Å². The molecular weight excluding hydrogens is 488 g/mol. The van der Waals surface area contributed by atoms with Gasteiger partial charge in [0.15, 0.2) is 11.5 Å². The lowest BCUT2D eigenvalue weighted by Crippen LogP contribution is -2.06. The molecule has 0 radical (unpaired) electrons. The maximum Gasteiger partial charge on any atom is 0.341 e. The molecule has 0 N–H and O–H groups in total. The Bertz CT molecular complexity index is 1180. The minimum Gasteiger partial charge on any atom is -0.496 e. The van der Waals surface area contributed by atoms with Crippen LogP contribution in [0.15, 0.2) is 48.5 Å². The molecule has 8 nitrogen and oxygen atoms in total. The van der Waals surface area contributed by atoms with Gasteiger partial charge >= 0.3 is 11.9 Å². The van der Waals surface area contributed by atoms with Crippen LogP contribution in [0.2, 0.25) is 0 Å². The predicted octanol–water partition coefficient (Wildman–Crippen LogP) is 4.86. The van der Waals surface area contributed by atoms with Gasteiger partial charge in [0.1, 0.15) is 22.6 Å². The van der Waals surface area contributed by atoms with Crippen LogP contribution < -0.4 is 18.9 Å². The largest absolute Gasteiger partial charge is 0.496 e. The van der Waals surface area contributed by atoms with Crippen molar-refractivity contribution < 1.29 is 38.0 Å². The molecule has 0 saturated heterocycles. The van der Waals surface area contributed by atoms with Crippen LogP contribution in [0.5, 0.6) is 23.0 Å². The van der Waals surface area contributed by atoms with Crippen LogP contribution in [-0.4, -0.2) is 54.6 Å². The van der Waals surface area contributed by atoms with Gasteiger partial charge in [-0.3, -0.25) is 0 Å². The molecule has 0 amide bonds. The monoisotopic (exact) mass is 522 g/mol. The van der Waals surface area contributed by atoms with Gasteiger partial charge in [-0.05, 0) is 84.3 Å². The highest BCUT2D eigenvalue weighted by atomic mass is 16.5. The number of hydrogen-bond acceptors (Lipinski definition) is 8. The number of benzene rings is 3. The number of carbonyl (C=O) groups is 2. The van der Waals surface area contributed by atoms with Gasteiger partial charge in [-0.2, -0.15) is 0 Å². The molecular formula is C30H34O8. The van der Waals surface area contributed by atoms with Crippen molar-refractivity contribution >= 4 is 11.9 Å². The van der Waals surface area contributed by atoms with Crippen molar-refractivity contribution in [1.82, 2.24) is 0 Å². The van der Waals surface area contributed by atoms with Crippen LogP contribution in [0.1, 0.15) is 43.0 Å². The highest BCUT2D eigenvalue weighted by Gasteiger charge is 2.16. The van der Waals surface area contributed by atoms with Crippen molar-refractivity contribution in [3.63, 3.8) is 0 Å². The highest BCUT2D eigenvalue weighted by Crippen LogP contribution is 2.33. The average molecular weight is 523 g/mol. The van der Waals surface area contributed by atoms with E-state index < -0.39 is 11.9 Å². The molecule has 38 heavy (non-hydrogen) atoms. The maximum atomic E-state index is 12.0. The Balaban J connectivity index is 1.85. The molecule has 0 saturated carbocycles. The number of aryl methyl sites for hydroxylation is 4. The molecule has 3 rings (SSSR count). The van der Waals surface area contributed by atoms with Crippen molar-refractivity contribution in [2.45, 2.75) is 25.7 Å². The van der Waals surface area contributed by atoms with Gasteiger partial charge in [0.05, 0.1) is 42.7 Å². The smallest absolute Gasteiger partial charge is 0.341 e. The van der Waals surface area contributed by atoms with Gasteiger partial charge in [-0.25, -0.2) is 9.59 Å². The van der Waals surface area contributed by atoms with Crippen molar-refractivity contribution in [3.8, 4) is 23.0 Å². The molecule has 3 aromatic carbocycles. The minimum absolute atomic E-state index is 0.388. The maximum absolute atomic E-state index is 12.0. The first kappa shape index (κ1) is 28.4. The molecule has 8 heteroatoms. The highest BCUT2D eigenvalue weighted by molar-refractivity contribution is 5.93. The Labute approximate surface area is 223 Å². The summed E-state index contributed by atoms with van der Waals surface area (Å²) in [5.74, 6) is 1.40. The van der Waals surface area contributed by atoms with Gasteiger partial charge in [0.25, 0.3) is 0 Å². The fraction of sp³-hybridized carbons (Fsp3) is 0.333. The first-order chi connectivity index (χ1) is 18.4. The van der Waals surface area contributed by atoms with Gasteiger partial charge in [0, 0.05) is 0 Å². The van der Waals surface area contributed by atoms with Crippen molar-refractivity contribution in [1.29, 1.82) is 0 Å². The third-order valence-corrected chi connectivity index (χ3v) is 6.41. The third kappa shape index (κ3) is 6.56.